The molecule has 0 radical (unpaired) electrons. The summed E-state index contributed by atoms with van der Waals surface area (Å²) in [5.74, 6) is 3.63. The molecule has 1 aliphatic heterocycles. The number of fused-ring (bicyclic) bond motifs is 1. The van der Waals surface area contributed by atoms with Crippen LogP contribution in [0.2, 0.25) is 0 Å². The van der Waals surface area contributed by atoms with E-state index < -0.39 is 0 Å². The molecule has 166 valence electrons. The van der Waals surface area contributed by atoms with Crippen molar-refractivity contribution in [2.75, 3.05) is 7.11 Å². The summed E-state index contributed by atoms with van der Waals surface area (Å²) in [4.78, 5) is 0. The lowest BCUT2D eigenvalue weighted by Gasteiger charge is -2.21. The third-order valence-corrected chi connectivity index (χ3v) is 6.97. The van der Waals surface area contributed by atoms with E-state index in [0.717, 1.165) is 30.1 Å². The summed E-state index contributed by atoms with van der Waals surface area (Å²) < 4.78 is 25.9. The lowest BCUT2D eigenvalue weighted by Crippen LogP contribution is -2.16. The van der Waals surface area contributed by atoms with Crippen LogP contribution in [-0.2, 0) is 12.8 Å². The molecule has 0 spiro atoms. The molecule has 2 aliphatic rings. The second kappa shape index (κ2) is 8.61. The van der Waals surface area contributed by atoms with Crippen molar-refractivity contribution < 1.29 is 13.9 Å². The van der Waals surface area contributed by atoms with E-state index in [-0.39, 0.29) is 11.9 Å². The van der Waals surface area contributed by atoms with Crippen LogP contribution in [0.4, 0.5) is 4.39 Å². The SMILES string of the molecule is COc1ccc(F)c(-c2ccc(CC3Cc4ccc([C@@H](C(C)C)C5CC5)cc4O3)cc2)c1. The summed E-state index contributed by atoms with van der Waals surface area (Å²) in [5.41, 5.74) is 5.36. The fourth-order valence-electron chi connectivity index (χ4n) is 5.23. The average Bonchev–Trinajstić information content (AvgIpc) is 3.53. The van der Waals surface area contributed by atoms with Crippen LogP contribution < -0.4 is 9.47 Å². The maximum absolute atomic E-state index is 14.3. The van der Waals surface area contributed by atoms with Gasteiger partial charge in [-0.3, -0.25) is 0 Å². The van der Waals surface area contributed by atoms with Crippen molar-refractivity contribution in [3.63, 3.8) is 0 Å². The number of rotatable bonds is 7. The second-order valence-electron chi connectivity index (χ2n) is 9.67. The zero-order valence-corrected chi connectivity index (χ0v) is 19.1. The van der Waals surface area contributed by atoms with Crippen molar-refractivity contribution in [1.29, 1.82) is 0 Å². The standard InChI is InChI=1S/C29H31FO2/c1-18(2)29(21-8-9-21)23-11-10-22-15-25(32-28(22)16-23)14-19-4-6-20(7-5-19)26-17-24(31-3)12-13-27(26)30/h4-7,10-13,16-18,21,25,29H,8-9,14-15H2,1-3H3/t25?,29-/m0/s1. The number of halogens is 1. The zero-order chi connectivity index (χ0) is 22.2. The minimum Gasteiger partial charge on any atom is -0.497 e. The molecule has 1 aliphatic carbocycles. The Hall–Kier alpha value is -2.81. The molecule has 32 heavy (non-hydrogen) atoms. The monoisotopic (exact) mass is 430 g/mol. The number of methoxy groups -OCH3 is 1. The first kappa shape index (κ1) is 21.1. The van der Waals surface area contributed by atoms with E-state index in [4.69, 9.17) is 9.47 Å². The molecule has 0 aromatic heterocycles. The summed E-state index contributed by atoms with van der Waals surface area (Å²) in [6.07, 6.45) is 4.66. The zero-order valence-electron chi connectivity index (χ0n) is 19.1. The molecule has 0 N–H and O–H groups in total. The van der Waals surface area contributed by atoms with E-state index in [0.29, 0.717) is 23.1 Å². The minimum atomic E-state index is -0.241. The number of hydrogen-bond donors (Lipinski definition) is 0. The van der Waals surface area contributed by atoms with Gasteiger partial charge in [0.1, 0.15) is 23.4 Å². The van der Waals surface area contributed by atoms with Gasteiger partial charge in [-0.2, -0.15) is 0 Å². The largest absolute Gasteiger partial charge is 0.497 e. The molecule has 2 nitrogen and oxygen atoms in total. The number of ether oxygens (including phenoxy) is 2. The molecule has 1 unspecified atom stereocenters. The normalized spacial score (nSPS) is 18.3. The summed E-state index contributed by atoms with van der Waals surface area (Å²) in [5, 5.41) is 0. The van der Waals surface area contributed by atoms with Gasteiger partial charge in [0.2, 0.25) is 0 Å². The predicted octanol–water partition coefficient (Wildman–Crippen LogP) is 7.20. The van der Waals surface area contributed by atoms with Crippen LogP contribution in [0.3, 0.4) is 0 Å². The van der Waals surface area contributed by atoms with Gasteiger partial charge in [0.15, 0.2) is 0 Å². The van der Waals surface area contributed by atoms with Crippen molar-refractivity contribution in [2.45, 2.75) is 51.6 Å². The topological polar surface area (TPSA) is 18.5 Å². The van der Waals surface area contributed by atoms with Crippen LogP contribution in [0, 0.1) is 17.7 Å². The van der Waals surface area contributed by atoms with Crippen LogP contribution >= 0.6 is 0 Å². The van der Waals surface area contributed by atoms with E-state index in [1.54, 1.807) is 19.2 Å². The molecule has 0 bridgehead atoms. The van der Waals surface area contributed by atoms with Crippen LogP contribution in [0.25, 0.3) is 11.1 Å². The first-order chi connectivity index (χ1) is 15.5. The number of benzene rings is 3. The van der Waals surface area contributed by atoms with Crippen molar-refractivity contribution in [3.05, 3.63) is 83.2 Å². The van der Waals surface area contributed by atoms with Gasteiger partial charge in [0.25, 0.3) is 0 Å². The second-order valence-corrected chi connectivity index (χ2v) is 9.67. The van der Waals surface area contributed by atoms with Crippen LogP contribution in [0.5, 0.6) is 11.5 Å². The summed E-state index contributed by atoms with van der Waals surface area (Å²) in [7, 11) is 1.59. The first-order valence-corrected chi connectivity index (χ1v) is 11.7. The Morgan fingerprint density at radius 2 is 1.78 bits per heavy atom. The Labute approximate surface area is 190 Å². The molecule has 5 rings (SSSR count). The maximum Gasteiger partial charge on any atom is 0.131 e. The lowest BCUT2D eigenvalue weighted by atomic mass is 9.84. The van der Waals surface area contributed by atoms with E-state index in [2.05, 4.69) is 44.2 Å². The smallest absolute Gasteiger partial charge is 0.131 e. The van der Waals surface area contributed by atoms with Gasteiger partial charge in [-0.05, 0) is 77.1 Å². The molecule has 1 fully saturated rings. The van der Waals surface area contributed by atoms with E-state index in [1.165, 1.54) is 35.6 Å². The first-order valence-electron chi connectivity index (χ1n) is 11.7. The van der Waals surface area contributed by atoms with Crippen LogP contribution in [-0.4, -0.2) is 13.2 Å². The Kier molecular flexibility index (Phi) is 5.67. The third-order valence-electron chi connectivity index (χ3n) is 6.97. The minimum absolute atomic E-state index is 0.151. The molecule has 1 saturated carbocycles. The highest BCUT2D eigenvalue weighted by Crippen LogP contribution is 2.47. The molecule has 3 aromatic rings. The third kappa shape index (κ3) is 4.26. The maximum atomic E-state index is 14.3. The van der Waals surface area contributed by atoms with Crippen molar-refractivity contribution in [3.8, 4) is 22.6 Å². The van der Waals surface area contributed by atoms with Crippen LogP contribution in [0.15, 0.2) is 60.7 Å². The van der Waals surface area contributed by atoms with Gasteiger partial charge in [-0.25, -0.2) is 4.39 Å². The Morgan fingerprint density at radius 3 is 2.47 bits per heavy atom. The summed E-state index contributed by atoms with van der Waals surface area (Å²) in [6, 6.07) is 19.9. The molecule has 1 heterocycles. The van der Waals surface area contributed by atoms with Crippen molar-refractivity contribution in [2.24, 2.45) is 11.8 Å². The van der Waals surface area contributed by atoms with E-state index in [9.17, 15) is 4.39 Å². The van der Waals surface area contributed by atoms with E-state index >= 15 is 0 Å². The molecular formula is C29H31FO2. The molecule has 3 heteroatoms. The van der Waals surface area contributed by atoms with Gasteiger partial charge in [0.05, 0.1) is 7.11 Å². The fourth-order valence-corrected chi connectivity index (χ4v) is 5.23. The van der Waals surface area contributed by atoms with Gasteiger partial charge in [-0.15, -0.1) is 0 Å². The highest BCUT2D eigenvalue weighted by Gasteiger charge is 2.35. The fraction of sp³-hybridized carbons (Fsp3) is 0.379. The molecule has 0 saturated heterocycles. The predicted molar refractivity (Wildman–Crippen MR) is 127 cm³/mol. The molecule has 2 atom stereocenters. The molecule has 0 amide bonds. The molecular weight excluding hydrogens is 399 g/mol. The quantitative estimate of drug-likeness (QED) is 0.395. The lowest BCUT2D eigenvalue weighted by molar-refractivity contribution is 0.233. The number of hydrogen-bond acceptors (Lipinski definition) is 2. The highest BCUT2D eigenvalue weighted by molar-refractivity contribution is 5.66. The van der Waals surface area contributed by atoms with Gasteiger partial charge >= 0.3 is 0 Å². The van der Waals surface area contributed by atoms with Gasteiger partial charge < -0.3 is 9.47 Å². The Balaban J connectivity index is 1.28. The van der Waals surface area contributed by atoms with Crippen molar-refractivity contribution >= 4 is 0 Å². The highest BCUT2D eigenvalue weighted by atomic mass is 19.1. The Morgan fingerprint density at radius 1 is 1.00 bits per heavy atom. The van der Waals surface area contributed by atoms with Gasteiger partial charge in [0, 0.05) is 18.4 Å². The summed E-state index contributed by atoms with van der Waals surface area (Å²) in [6.45, 7) is 4.67. The molecule has 3 aromatic carbocycles. The average molecular weight is 431 g/mol. The Bertz CT molecular complexity index is 1100. The van der Waals surface area contributed by atoms with Crippen molar-refractivity contribution in [1.82, 2.24) is 0 Å². The summed E-state index contributed by atoms with van der Waals surface area (Å²) >= 11 is 0. The van der Waals surface area contributed by atoms with Crippen LogP contribution in [0.1, 0.15) is 49.3 Å². The van der Waals surface area contributed by atoms with Gasteiger partial charge in [-0.1, -0.05) is 50.2 Å². The van der Waals surface area contributed by atoms with E-state index in [1.807, 2.05) is 12.1 Å².